The molecule has 0 N–H and O–H groups in total. The predicted molar refractivity (Wildman–Crippen MR) is 92.6 cm³/mol. The molecule has 2 heterocycles. The minimum atomic E-state index is 0.919. The second kappa shape index (κ2) is 4.63. The Morgan fingerprint density at radius 3 is 2.71 bits per heavy atom. The van der Waals surface area contributed by atoms with Crippen LogP contribution in [0.25, 0.3) is 16.5 Å². The summed E-state index contributed by atoms with van der Waals surface area (Å²) in [6.45, 7) is 8.54. The number of rotatable bonds is 1. The molecule has 0 spiro atoms. The number of hydrogen-bond acceptors (Lipinski definition) is 3. The largest absolute Gasteiger partial charge is 0.318 e. The van der Waals surface area contributed by atoms with E-state index in [0.717, 1.165) is 13.1 Å². The van der Waals surface area contributed by atoms with Crippen LogP contribution < -0.4 is 0 Å². The summed E-state index contributed by atoms with van der Waals surface area (Å²) in [6.07, 6.45) is 0. The van der Waals surface area contributed by atoms with Crippen LogP contribution in [0.4, 0.5) is 0 Å². The molecule has 2 nitrogen and oxygen atoms in total. The van der Waals surface area contributed by atoms with Crippen LogP contribution in [0.5, 0.6) is 0 Å². The van der Waals surface area contributed by atoms with Gasteiger partial charge in [-0.05, 0) is 42.7 Å². The molecule has 21 heavy (non-hydrogen) atoms. The molecule has 0 aromatic heterocycles. The first-order chi connectivity index (χ1) is 10.2. The van der Waals surface area contributed by atoms with Gasteiger partial charge >= 0.3 is 0 Å². The van der Waals surface area contributed by atoms with Crippen LogP contribution in [-0.2, 0) is 0 Å². The fourth-order valence-electron chi connectivity index (χ4n) is 3.44. The van der Waals surface area contributed by atoms with Gasteiger partial charge in [0, 0.05) is 17.0 Å². The lowest BCUT2D eigenvalue weighted by Gasteiger charge is -2.20. The standard InChI is InChI=1S/C18H18N2S/c1-11-5-4-6-14-15(8-7-12(2)16(11)14)17-13(3)21-18-19-9-10-20(17)18/h4-8H,9-10H2,1-3H3. The summed E-state index contributed by atoms with van der Waals surface area (Å²) in [6, 6.07) is 11.1. The molecule has 0 saturated heterocycles. The third-order valence-corrected chi connectivity index (χ3v) is 5.39. The molecular formula is C18H18N2S. The van der Waals surface area contributed by atoms with Gasteiger partial charge < -0.3 is 4.90 Å². The molecule has 3 heteroatoms. The van der Waals surface area contributed by atoms with Gasteiger partial charge in [0.1, 0.15) is 0 Å². The lowest BCUT2D eigenvalue weighted by atomic mass is 9.95. The molecule has 0 radical (unpaired) electrons. The number of thioether (sulfide) groups is 1. The van der Waals surface area contributed by atoms with Crippen LogP contribution in [-0.4, -0.2) is 23.2 Å². The van der Waals surface area contributed by atoms with Crippen molar-refractivity contribution in [3.8, 4) is 0 Å². The maximum Gasteiger partial charge on any atom is 0.168 e. The average Bonchev–Trinajstić information content (AvgIpc) is 3.00. The van der Waals surface area contributed by atoms with Crippen molar-refractivity contribution >= 4 is 33.4 Å². The van der Waals surface area contributed by atoms with Crippen LogP contribution in [0.15, 0.2) is 40.2 Å². The van der Waals surface area contributed by atoms with Gasteiger partial charge in [0.25, 0.3) is 0 Å². The van der Waals surface area contributed by atoms with Crippen molar-refractivity contribution in [2.45, 2.75) is 20.8 Å². The number of aryl methyl sites for hydroxylation is 2. The lowest BCUT2D eigenvalue weighted by Crippen LogP contribution is -2.20. The quantitative estimate of drug-likeness (QED) is 0.766. The van der Waals surface area contributed by atoms with E-state index in [-0.39, 0.29) is 0 Å². The van der Waals surface area contributed by atoms with Gasteiger partial charge in [-0.3, -0.25) is 4.99 Å². The van der Waals surface area contributed by atoms with Crippen LogP contribution in [0.2, 0.25) is 0 Å². The highest BCUT2D eigenvalue weighted by molar-refractivity contribution is 8.17. The molecule has 0 aliphatic carbocycles. The molecule has 0 saturated carbocycles. The topological polar surface area (TPSA) is 15.6 Å². The van der Waals surface area contributed by atoms with E-state index in [1.165, 1.54) is 43.2 Å². The molecule has 2 aliphatic heterocycles. The molecular weight excluding hydrogens is 276 g/mol. The van der Waals surface area contributed by atoms with Gasteiger partial charge in [-0.1, -0.05) is 42.1 Å². The Balaban J connectivity index is 2.00. The SMILES string of the molecule is CC1=C(c2ccc(C)c3c(C)cccc23)N2CCN=C2S1. The second-order valence-electron chi connectivity index (χ2n) is 5.75. The van der Waals surface area contributed by atoms with E-state index in [1.807, 2.05) is 11.8 Å². The highest BCUT2D eigenvalue weighted by atomic mass is 32.2. The van der Waals surface area contributed by atoms with Crippen molar-refractivity contribution in [2.24, 2.45) is 4.99 Å². The number of benzene rings is 2. The molecule has 0 unspecified atom stereocenters. The Bertz CT molecular complexity index is 809. The first-order valence-electron chi connectivity index (χ1n) is 7.37. The minimum Gasteiger partial charge on any atom is -0.318 e. The number of hydrogen-bond donors (Lipinski definition) is 0. The van der Waals surface area contributed by atoms with Crippen molar-refractivity contribution in [1.29, 1.82) is 0 Å². The van der Waals surface area contributed by atoms with Crippen molar-refractivity contribution < 1.29 is 0 Å². The lowest BCUT2D eigenvalue weighted by molar-refractivity contribution is 0.648. The van der Waals surface area contributed by atoms with Gasteiger partial charge in [-0.25, -0.2) is 0 Å². The van der Waals surface area contributed by atoms with Crippen LogP contribution in [0.3, 0.4) is 0 Å². The predicted octanol–water partition coefficient (Wildman–Crippen LogP) is 4.56. The molecule has 0 bridgehead atoms. The van der Waals surface area contributed by atoms with Crippen molar-refractivity contribution in [2.75, 3.05) is 13.1 Å². The first kappa shape index (κ1) is 13.0. The summed E-state index contributed by atoms with van der Waals surface area (Å²) in [5.74, 6) is 0. The fraction of sp³-hybridized carbons (Fsp3) is 0.278. The van der Waals surface area contributed by atoms with E-state index in [0.29, 0.717) is 0 Å². The highest BCUT2D eigenvalue weighted by Gasteiger charge is 2.31. The van der Waals surface area contributed by atoms with Gasteiger partial charge in [0.15, 0.2) is 5.17 Å². The highest BCUT2D eigenvalue weighted by Crippen LogP contribution is 2.43. The second-order valence-corrected chi connectivity index (χ2v) is 6.93. The zero-order valence-corrected chi connectivity index (χ0v) is 13.4. The number of amidine groups is 1. The number of nitrogens with zero attached hydrogens (tertiary/aromatic N) is 2. The summed E-state index contributed by atoms with van der Waals surface area (Å²) < 4.78 is 0. The zero-order chi connectivity index (χ0) is 14.6. The number of fused-ring (bicyclic) bond motifs is 2. The molecule has 4 rings (SSSR count). The minimum absolute atomic E-state index is 0.919. The molecule has 0 atom stereocenters. The van der Waals surface area contributed by atoms with E-state index < -0.39 is 0 Å². The van der Waals surface area contributed by atoms with E-state index in [4.69, 9.17) is 0 Å². The Morgan fingerprint density at radius 1 is 1.05 bits per heavy atom. The summed E-state index contributed by atoms with van der Waals surface area (Å²) in [5, 5.41) is 3.92. The van der Waals surface area contributed by atoms with E-state index >= 15 is 0 Å². The summed E-state index contributed by atoms with van der Waals surface area (Å²) >= 11 is 1.81. The monoisotopic (exact) mass is 294 g/mol. The zero-order valence-electron chi connectivity index (χ0n) is 12.6. The molecule has 0 amide bonds. The van der Waals surface area contributed by atoms with Crippen LogP contribution >= 0.6 is 11.8 Å². The Hall–Kier alpha value is -1.74. The fourth-order valence-corrected chi connectivity index (χ4v) is 4.47. The maximum absolute atomic E-state index is 4.60. The van der Waals surface area contributed by atoms with E-state index in [9.17, 15) is 0 Å². The summed E-state index contributed by atoms with van der Waals surface area (Å²) in [7, 11) is 0. The van der Waals surface area contributed by atoms with Crippen molar-refractivity contribution in [1.82, 2.24) is 4.90 Å². The molecule has 2 aromatic carbocycles. The molecule has 2 aliphatic rings. The average molecular weight is 294 g/mol. The Kier molecular flexibility index (Phi) is 2.86. The van der Waals surface area contributed by atoms with Gasteiger partial charge in [0.2, 0.25) is 0 Å². The number of allylic oxidation sites excluding steroid dienone is 1. The smallest absolute Gasteiger partial charge is 0.168 e. The summed E-state index contributed by atoms with van der Waals surface area (Å²) in [5.41, 5.74) is 5.40. The molecule has 2 aromatic rings. The Labute approximate surface area is 129 Å². The third kappa shape index (κ3) is 1.84. The molecule has 106 valence electrons. The Morgan fingerprint density at radius 2 is 1.86 bits per heavy atom. The molecule has 0 fully saturated rings. The van der Waals surface area contributed by atoms with Crippen molar-refractivity contribution in [3.05, 3.63) is 51.9 Å². The van der Waals surface area contributed by atoms with E-state index in [1.54, 1.807) is 0 Å². The maximum atomic E-state index is 4.60. The number of aliphatic imine (C=N–C) groups is 1. The van der Waals surface area contributed by atoms with E-state index in [2.05, 4.69) is 61.0 Å². The first-order valence-corrected chi connectivity index (χ1v) is 8.18. The van der Waals surface area contributed by atoms with Gasteiger partial charge in [0.05, 0.1) is 12.2 Å². The summed E-state index contributed by atoms with van der Waals surface area (Å²) in [4.78, 5) is 8.35. The van der Waals surface area contributed by atoms with Crippen molar-refractivity contribution in [3.63, 3.8) is 0 Å². The normalized spacial score (nSPS) is 17.7. The van der Waals surface area contributed by atoms with Gasteiger partial charge in [-0.2, -0.15) is 0 Å². The van der Waals surface area contributed by atoms with Crippen LogP contribution in [0.1, 0.15) is 23.6 Å². The van der Waals surface area contributed by atoms with Gasteiger partial charge in [-0.15, -0.1) is 0 Å². The van der Waals surface area contributed by atoms with Crippen LogP contribution in [0, 0.1) is 13.8 Å². The third-order valence-electron chi connectivity index (χ3n) is 4.36.